The highest BCUT2D eigenvalue weighted by Crippen LogP contribution is 2.08. The van der Waals surface area contributed by atoms with Crippen LogP contribution >= 0.6 is 0 Å². The molecule has 0 aliphatic heterocycles. The maximum atomic E-state index is 11.5. The van der Waals surface area contributed by atoms with Gasteiger partial charge in [-0.25, -0.2) is 4.79 Å². The molecule has 9 heteroatoms. The van der Waals surface area contributed by atoms with Gasteiger partial charge in [0.2, 0.25) is 5.91 Å². The molecule has 2 atom stereocenters. The van der Waals surface area contributed by atoms with E-state index in [0.29, 0.717) is 0 Å². The highest BCUT2D eigenvalue weighted by atomic mass is 32.2. The van der Waals surface area contributed by atoms with Crippen LogP contribution in [0, 0.1) is 0 Å². The van der Waals surface area contributed by atoms with E-state index in [-0.39, 0.29) is 0 Å². The highest BCUT2D eigenvalue weighted by Gasteiger charge is 2.30. The molecule has 0 saturated heterocycles. The van der Waals surface area contributed by atoms with Crippen molar-refractivity contribution < 1.29 is 26.9 Å². The van der Waals surface area contributed by atoms with E-state index in [1.54, 1.807) is 20.8 Å². The van der Waals surface area contributed by atoms with Gasteiger partial charge in [0.15, 0.2) is 0 Å². The predicted molar refractivity (Wildman–Crippen MR) is 67.7 cm³/mol. The Morgan fingerprint density at radius 2 is 1.74 bits per heavy atom. The lowest BCUT2D eigenvalue weighted by molar-refractivity contribution is -0.121. The van der Waals surface area contributed by atoms with Gasteiger partial charge in [-0.2, -0.15) is 8.42 Å². The molecule has 0 aromatic carbocycles. The molecule has 3 N–H and O–H groups in total. The minimum absolute atomic E-state index is 0.757. The van der Waals surface area contributed by atoms with E-state index >= 15 is 0 Å². The molecule has 0 fully saturated rings. The van der Waals surface area contributed by atoms with Gasteiger partial charge in [-0.1, -0.05) is 0 Å². The third-order valence-electron chi connectivity index (χ3n) is 1.77. The maximum absolute atomic E-state index is 11.5. The third kappa shape index (κ3) is 8.38. The zero-order valence-corrected chi connectivity index (χ0v) is 12.4. The first-order valence-corrected chi connectivity index (χ1v) is 7.30. The number of amides is 2. The number of rotatable bonds is 5. The van der Waals surface area contributed by atoms with Crippen molar-refractivity contribution >= 4 is 22.1 Å². The van der Waals surface area contributed by atoms with E-state index in [0.717, 1.165) is 6.26 Å². The molecule has 0 saturated carbocycles. The van der Waals surface area contributed by atoms with Gasteiger partial charge in [0.25, 0.3) is 10.1 Å². The third-order valence-corrected chi connectivity index (χ3v) is 2.43. The topological polar surface area (TPSA) is 125 Å². The summed E-state index contributed by atoms with van der Waals surface area (Å²) in [5.74, 6) is -0.929. The van der Waals surface area contributed by atoms with Gasteiger partial charge in [0.05, 0.1) is 6.26 Å². The predicted octanol–water partition coefficient (Wildman–Crippen LogP) is -0.270. The lowest BCUT2D eigenvalue weighted by Crippen LogP contribution is -2.52. The zero-order chi connectivity index (χ0) is 15.4. The number of primary amides is 1. The van der Waals surface area contributed by atoms with Gasteiger partial charge in [0.1, 0.15) is 17.7 Å². The molecule has 0 aromatic heterocycles. The summed E-state index contributed by atoms with van der Waals surface area (Å²) in [6, 6.07) is -1.32. The number of hydrogen-bond donors (Lipinski definition) is 2. The van der Waals surface area contributed by atoms with Crippen LogP contribution in [0.15, 0.2) is 0 Å². The first kappa shape index (κ1) is 17.6. The van der Waals surface area contributed by atoms with Crippen LogP contribution in [-0.4, -0.2) is 44.4 Å². The molecule has 8 nitrogen and oxygen atoms in total. The van der Waals surface area contributed by atoms with Crippen LogP contribution in [0.4, 0.5) is 4.79 Å². The minimum atomic E-state index is -3.77. The summed E-state index contributed by atoms with van der Waals surface area (Å²) in [6.45, 7) is 6.22. The van der Waals surface area contributed by atoms with Crippen LogP contribution in [0.3, 0.4) is 0 Å². The Labute approximate surface area is 112 Å². The van der Waals surface area contributed by atoms with Crippen LogP contribution in [0.5, 0.6) is 0 Å². The van der Waals surface area contributed by atoms with Gasteiger partial charge < -0.3 is 15.8 Å². The average molecular weight is 296 g/mol. The highest BCUT2D eigenvalue weighted by molar-refractivity contribution is 7.86. The first-order valence-electron chi connectivity index (χ1n) is 5.49. The normalized spacial score (nSPS) is 15.4. The van der Waals surface area contributed by atoms with Gasteiger partial charge >= 0.3 is 6.09 Å². The Hall–Kier alpha value is -1.35. The molecule has 2 unspecified atom stereocenters. The summed E-state index contributed by atoms with van der Waals surface area (Å²) in [7, 11) is -3.77. The Kier molecular flexibility index (Phi) is 5.76. The molecule has 0 spiro atoms. The lowest BCUT2D eigenvalue weighted by Gasteiger charge is -2.24. The summed E-state index contributed by atoms with van der Waals surface area (Å²) < 4.78 is 31.5. The fourth-order valence-electron chi connectivity index (χ4n) is 1.19. The van der Waals surface area contributed by atoms with E-state index in [9.17, 15) is 18.0 Å². The van der Waals surface area contributed by atoms with Crippen molar-refractivity contribution in [2.75, 3.05) is 6.26 Å². The van der Waals surface area contributed by atoms with Crippen molar-refractivity contribution in [2.45, 2.75) is 45.4 Å². The smallest absolute Gasteiger partial charge is 0.408 e. The van der Waals surface area contributed by atoms with Crippen molar-refractivity contribution in [3.63, 3.8) is 0 Å². The summed E-state index contributed by atoms with van der Waals surface area (Å²) in [5, 5.41) is 2.17. The molecule has 0 aromatic rings. The quantitative estimate of drug-likeness (QED) is 0.673. The average Bonchev–Trinajstić information content (AvgIpc) is 2.07. The van der Waals surface area contributed by atoms with E-state index < -0.39 is 39.9 Å². The monoisotopic (exact) mass is 296 g/mol. The summed E-state index contributed by atoms with van der Waals surface area (Å²) in [5.41, 5.74) is 4.33. The van der Waals surface area contributed by atoms with Gasteiger partial charge in [-0.05, 0) is 27.7 Å². The molecular weight excluding hydrogens is 276 g/mol. The molecule has 2 amide bonds. The van der Waals surface area contributed by atoms with Gasteiger partial charge in [-0.15, -0.1) is 0 Å². The second-order valence-electron chi connectivity index (χ2n) is 5.03. The van der Waals surface area contributed by atoms with Crippen molar-refractivity contribution in [1.82, 2.24) is 5.32 Å². The van der Waals surface area contributed by atoms with Crippen LogP contribution in [0.1, 0.15) is 27.7 Å². The molecule has 0 rings (SSSR count). The molecule has 0 aliphatic rings. The van der Waals surface area contributed by atoms with E-state index in [4.69, 9.17) is 10.5 Å². The van der Waals surface area contributed by atoms with E-state index in [2.05, 4.69) is 9.50 Å². The molecule has 112 valence electrons. The lowest BCUT2D eigenvalue weighted by atomic mass is 10.2. The van der Waals surface area contributed by atoms with Crippen molar-refractivity contribution in [2.24, 2.45) is 5.73 Å². The van der Waals surface area contributed by atoms with Gasteiger partial charge in [-0.3, -0.25) is 8.98 Å². The Bertz CT molecular complexity index is 439. The summed E-state index contributed by atoms with van der Waals surface area (Å²) >= 11 is 0. The molecule has 0 aliphatic carbocycles. The van der Waals surface area contributed by atoms with Crippen molar-refractivity contribution in [3.8, 4) is 0 Å². The SMILES string of the molecule is CC(OS(C)(=O)=O)C(NC(=O)OC(C)(C)C)C(N)=O. The van der Waals surface area contributed by atoms with Gasteiger partial charge in [0, 0.05) is 0 Å². The number of nitrogens with two attached hydrogens (primary N) is 1. The van der Waals surface area contributed by atoms with Crippen LogP contribution in [0.25, 0.3) is 0 Å². The number of alkyl carbamates (subject to hydrolysis) is 1. The Morgan fingerprint density at radius 3 is 2.05 bits per heavy atom. The minimum Gasteiger partial charge on any atom is -0.444 e. The molecule has 0 heterocycles. The second-order valence-corrected chi connectivity index (χ2v) is 6.63. The first-order chi connectivity index (χ1) is 8.32. The zero-order valence-electron chi connectivity index (χ0n) is 11.6. The van der Waals surface area contributed by atoms with Crippen LogP contribution < -0.4 is 11.1 Å². The second kappa shape index (κ2) is 6.20. The number of nitrogens with one attached hydrogen (secondary N) is 1. The molecule has 19 heavy (non-hydrogen) atoms. The summed E-state index contributed by atoms with van der Waals surface area (Å²) in [6.07, 6.45) is -1.20. The molecule has 0 radical (unpaired) electrons. The van der Waals surface area contributed by atoms with Crippen LogP contribution in [0.2, 0.25) is 0 Å². The fraction of sp³-hybridized carbons (Fsp3) is 0.800. The van der Waals surface area contributed by atoms with E-state index in [1.807, 2.05) is 0 Å². The molecule has 0 bridgehead atoms. The Morgan fingerprint density at radius 1 is 1.26 bits per heavy atom. The summed E-state index contributed by atoms with van der Waals surface area (Å²) in [4.78, 5) is 22.7. The fourth-order valence-corrected chi connectivity index (χ4v) is 1.85. The van der Waals surface area contributed by atoms with E-state index in [1.165, 1.54) is 6.92 Å². The molecular formula is C10H20N2O6S. The number of hydrogen-bond acceptors (Lipinski definition) is 6. The maximum Gasteiger partial charge on any atom is 0.408 e. The largest absolute Gasteiger partial charge is 0.444 e. The van der Waals surface area contributed by atoms with Crippen molar-refractivity contribution in [1.29, 1.82) is 0 Å². The number of carbonyl (C=O) groups is 2. The number of carbonyl (C=O) groups excluding carboxylic acids is 2. The standard InChI is InChI=1S/C10H20N2O6S/c1-6(18-19(5,15)16)7(8(11)13)12-9(14)17-10(2,3)4/h6-7H,1-5H3,(H2,11,13)(H,12,14). The van der Waals surface area contributed by atoms with Crippen LogP contribution in [-0.2, 0) is 23.8 Å². The Balaban J connectivity index is 4.76. The number of ether oxygens (including phenoxy) is 1. The van der Waals surface area contributed by atoms with Crippen molar-refractivity contribution in [3.05, 3.63) is 0 Å².